The molecule has 0 N–H and O–H groups in total. The number of esters is 2. The van der Waals surface area contributed by atoms with Gasteiger partial charge in [-0.05, 0) is 60.0 Å². The summed E-state index contributed by atoms with van der Waals surface area (Å²) in [5.74, 6) is 0.209. The fraction of sp³-hybridized carbons (Fsp3) is 0.185. The standard InChI is InChI=1S/C27H26O5/c1-2-3-19-30-24-14-9-21(10-15-24)11-18-26(28)32-25-16-12-23(13-17-25)27(29)31-20-22-7-5-4-6-8-22/h4-18H,2-3,19-20H2,1H3/b18-11+. The number of hydrogen-bond donors (Lipinski definition) is 0. The van der Waals surface area contributed by atoms with E-state index in [1.807, 2.05) is 54.6 Å². The van der Waals surface area contributed by atoms with Crippen molar-refractivity contribution in [2.45, 2.75) is 26.4 Å². The van der Waals surface area contributed by atoms with Gasteiger partial charge in [0.15, 0.2) is 0 Å². The molecule has 32 heavy (non-hydrogen) atoms. The van der Waals surface area contributed by atoms with Gasteiger partial charge in [-0.25, -0.2) is 9.59 Å². The van der Waals surface area contributed by atoms with E-state index in [0.29, 0.717) is 17.9 Å². The van der Waals surface area contributed by atoms with Crippen LogP contribution in [-0.2, 0) is 16.1 Å². The smallest absolute Gasteiger partial charge is 0.338 e. The summed E-state index contributed by atoms with van der Waals surface area (Å²) in [4.78, 5) is 24.2. The lowest BCUT2D eigenvalue weighted by Gasteiger charge is -2.06. The van der Waals surface area contributed by atoms with E-state index in [-0.39, 0.29) is 6.61 Å². The van der Waals surface area contributed by atoms with Gasteiger partial charge < -0.3 is 14.2 Å². The molecule has 0 aliphatic heterocycles. The highest BCUT2D eigenvalue weighted by Gasteiger charge is 2.08. The third-order valence-corrected chi connectivity index (χ3v) is 4.58. The van der Waals surface area contributed by atoms with Crippen molar-refractivity contribution in [1.82, 2.24) is 0 Å². The highest BCUT2D eigenvalue weighted by atomic mass is 16.5. The highest BCUT2D eigenvalue weighted by Crippen LogP contribution is 2.16. The molecular formula is C27H26O5. The van der Waals surface area contributed by atoms with Gasteiger partial charge in [-0.15, -0.1) is 0 Å². The van der Waals surface area contributed by atoms with Crippen LogP contribution in [0.25, 0.3) is 6.08 Å². The minimum Gasteiger partial charge on any atom is -0.494 e. The number of carbonyl (C=O) groups is 2. The number of unbranched alkanes of at least 4 members (excludes halogenated alkanes) is 1. The van der Waals surface area contributed by atoms with Gasteiger partial charge in [0.05, 0.1) is 12.2 Å². The van der Waals surface area contributed by atoms with Gasteiger partial charge in [0.1, 0.15) is 18.1 Å². The Morgan fingerprint density at radius 1 is 0.844 bits per heavy atom. The van der Waals surface area contributed by atoms with Gasteiger partial charge in [-0.1, -0.05) is 55.8 Å². The van der Waals surface area contributed by atoms with Gasteiger partial charge in [-0.3, -0.25) is 0 Å². The maximum Gasteiger partial charge on any atom is 0.338 e. The van der Waals surface area contributed by atoms with Crippen LogP contribution in [0.2, 0.25) is 0 Å². The molecule has 0 spiro atoms. The van der Waals surface area contributed by atoms with Crippen LogP contribution in [0.15, 0.2) is 84.9 Å². The van der Waals surface area contributed by atoms with Crippen LogP contribution in [0.5, 0.6) is 11.5 Å². The molecule has 5 heteroatoms. The molecule has 0 saturated carbocycles. The van der Waals surface area contributed by atoms with Crippen LogP contribution in [0, 0.1) is 0 Å². The third-order valence-electron chi connectivity index (χ3n) is 4.58. The summed E-state index contributed by atoms with van der Waals surface area (Å²) in [7, 11) is 0. The zero-order chi connectivity index (χ0) is 22.6. The predicted octanol–water partition coefficient (Wildman–Crippen LogP) is 5.84. The van der Waals surface area contributed by atoms with Crippen molar-refractivity contribution in [3.63, 3.8) is 0 Å². The number of benzene rings is 3. The first-order valence-electron chi connectivity index (χ1n) is 10.6. The lowest BCUT2D eigenvalue weighted by atomic mass is 10.2. The summed E-state index contributed by atoms with van der Waals surface area (Å²) in [5, 5.41) is 0. The molecule has 0 saturated heterocycles. The van der Waals surface area contributed by atoms with Gasteiger partial charge in [0.25, 0.3) is 0 Å². The first-order valence-corrected chi connectivity index (χ1v) is 10.6. The van der Waals surface area contributed by atoms with Gasteiger partial charge in [-0.2, -0.15) is 0 Å². The van der Waals surface area contributed by atoms with E-state index >= 15 is 0 Å². The van der Waals surface area contributed by atoms with Crippen molar-refractivity contribution in [3.05, 3.63) is 102 Å². The summed E-state index contributed by atoms with van der Waals surface area (Å²) in [5.41, 5.74) is 2.16. The van der Waals surface area contributed by atoms with Crippen molar-refractivity contribution in [1.29, 1.82) is 0 Å². The summed E-state index contributed by atoms with van der Waals surface area (Å²) < 4.78 is 16.2. The summed E-state index contributed by atoms with van der Waals surface area (Å²) in [6, 6.07) is 23.2. The summed E-state index contributed by atoms with van der Waals surface area (Å²) in [6.07, 6.45) is 5.13. The van der Waals surface area contributed by atoms with Crippen LogP contribution in [0.1, 0.15) is 41.3 Å². The second-order valence-electron chi connectivity index (χ2n) is 7.11. The fourth-order valence-electron chi connectivity index (χ4n) is 2.79. The molecule has 3 aromatic carbocycles. The predicted molar refractivity (Wildman–Crippen MR) is 124 cm³/mol. The van der Waals surface area contributed by atoms with Crippen LogP contribution >= 0.6 is 0 Å². The van der Waals surface area contributed by atoms with E-state index < -0.39 is 11.9 Å². The van der Waals surface area contributed by atoms with Crippen molar-refractivity contribution in [3.8, 4) is 11.5 Å². The Hall–Kier alpha value is -3.86. The van der Waals surface area contributed by atoms with Crippen LogP contribution in [0.4, 0.5) is 0 Å². The van der Waals surface area contributed by atoms with E-state index in [1.54, 1.807) is 30.3 Å². The van der Waals surface area contributed by atoms with E-state index in [0.717, 1.165) is 29.7 Å². The lowest BCUT2D eigenvalue weighted by Crippen LogP contribution is -2.06. The average molecular weight is 431 g/mol. The Labute approximate surface area is 188 Å². The minimum absolute atomic E-state index is 0.201. The van der Waals surface area contributed by atoms with Crippen molar-refractivity contribution in [2.24, 2.45) is 0 Å². The Morgan fingerprint density at radius 3 is 2.22 bits per heavy atom. The maximum absolute atomic E-state index is 12.2. The molecule has 3 aromatic rings. The molecule has 0 aromatic heterocycles. The Bertz CT molecular complexity index is 1020. The maximum atomic E-state index is 12.2. The molecule has 0 heterocycles. The van der Waals surface area contributed by atoms with E-state index in [9.17, 15) is 9.59 Å². The van der Waals surface area contributed by atoms with Gasteiger partial charge in [0.2, 0.25) is 0 Å². The quantitative estimate of drug-likeness (QED) is 0.175. The first-order chi connectivity index (χ1) is 15.6. The number of hydrogen-bond acceptors (Lipinski definition) is 5. The second kappa shape index (κ2) is 12.1. The largest absolute Gasteiger partial charge is 0.494 e. The number of carbonyl (C=O) groups excluding carboxylic acids is 2. The molecule has 0 aliphatic carbocycles. The molecule has 0 aliphatic rings. The first kappa shape index (κ1) is 22.8. The monoisotopic (exact) mass is 430 g/mol. The lowest BCUT2D eigenvalue weighted by molar-refractivity contribution is -0.128. The summed E-state index contributed by atoms with van der Waals surface area (Å²) in [6.45, 7) is 3.01. The minimum atomic E-state index is -0.507. The average Bonchev–Trinajstić information content (AvgIpc) is 2.83. The normalized spacial score (nSPS) is 10.7. The number of ether oxygens (including phenoxy) is 3. The molecular weight excluding hydrogens is 404 g/mol. The molecule has 0 unspecified atom stereocenters. The summed E-state index contributed by atoms with van der Waals surface area (Å²) >= 11 is 0. The molecule has 0 fully saturated rings. The van der Waals surface area contributed by atoms with Crippen molar-refractivity contribution >= 4 is 18.0 Å². The van der Waals surface area contributed by atoms with Gasteiger partial charge in [0, 0.05) is 6.08 Å². The molecule has 0 bridgehead atoms. The zero-order valence-electron chi connectivity index (χ0n) is 18.0. The Kier molecular flexibility index (Phi) is 8.63. The molecule has 0 amide bonds. The number of rotatable bonds is 10. The van der Waals surface area contributed by atoms with E-state index in [1.165, 1.54) is 6.08 Å². The molecule has 0 atom stereocenters. The molecule has 0 radical (unpaired) electrons. The molecule has 164 valence electrons. The second-order valence-corrected chi connectivity index (χ2v) is 7.11. The van der Waals surface area contributed by atoms with Crippen LogP contribution < -0.4 is 9.47 Å². The van der Waals surface area contributed by atoms with Crippen LogP contribution in [0.3, 0.4) is 0 Å². The van der Waals surface area contributed by atoms with Crippen LogP contribution in [-0.4, -0.2) is 18.5 Å². The van der Waals surface area contributed by atoms with Crippen molar-refractivity contribution in [2.75, 3.05) is 6.61 Å². The van der Waals surface area contributed by atoms with Crippen molar-refractivity contribution < 1.29 is 23.8 Å². The van der Waals surface area contributed by atoms with E-state index in [4.69, 9.17) is 14.2 Å². The van der Waals surface area contributed by atoms with E-state index in [2.05, 4.69) is 6.92 Å². The SMILES string of the molecule is CCCCOc1ccc(/C=C/C(=O)Oc2ccc(C(=O)OCc3ccccc3)cc2)cc1. The Morgan fingerprint density at radius 2 is 1.53 bits per heavy atom. The fourth-order valence-corrected chi connectivity index (χ4v) is 2.79. The topological polar surface area (TPSA) is 61.8 Å². The highest BCUT2D eigenvalue weighted by molar-refractivity contribution is 5.90. The Balaban J connectivity index is 1.47. The van der Waals surface area contributed by atoms with Gasteiger partial charge >= 0.3 is 11.9 Å². The molecule has 3 rings (SSSR count). The zero-order valence-corrected chi connectivity index (χ0v) is 18.0. The molecule has 5 nitrogen and oxygen atoms in total. The third kappa shape index (κ3) is 7.43.